The summed E-state index contributed by atoms with van der Waals surface area (Å²) in [5, 5.41) is 0. The van der Waals surface area contributed by atoms with Crippen LogP contribution in [0.2, 0.25) is 0 Å². The lowest BCUT2D eigenvalue weighted by molar-refractivity contribution is 0.314. The average molecular weight is 244 g/mol. The maximum atomic E-state index is 5.77. The smallest absolute Gasteiger partial charge is 0.122 e. The van der Waals surface area contributed by atoms with Crippen molar-refractivity contribution in [1.82, 2.24) is 0 Å². The fourth-order valence-electron chi connectivity index (χ4n) is 1.76. The van der Waals surface area contributed by atoms with Gasteiger partial charge in [-0.1, -0.05) is 31.5 Å². The van der Waals surface area contributed by atoms with E-state index < -0.39 is 0 Å². The summed E-state index contributed by atoms with van der Waals surface area (Å²) < 4.78 is 5.77. The van der Waals surface area contributed by atoms with Crippen LogP contribution in [0, 0.1) is 18.8 Å². The molecule has 18 heavy (non-hydrogen) atoms. The SMILES string of the molecule is CCCC#CCCc1cc(C)ccc1OCCC. The molecule has 0 aliphatic carbocycles. The number of aryl methyl sites for hydroxylation is 2. The fourth-order valence-corrected chi connectivity index (χ4v) is 1.76. The van der Waals surface area contributed by atoms with E-state index in [1.54, 1.807) is 0 Å². The van der Waals surface area contributed by atoms with Crippen LogP contribution in [0.5, 0.6) is 5.75 Å². The highest BCUT2D eigenvalue weighted by molar-refractivity contribution is 5.37. The largest absolute Gasteiger partial charge is 0.493 e. The summed E-state index contributed by atoms with van der Waals surface area (Å²) in [6.07, 6.45) is 5.10. The van der Waals surface area contributed by atoms with E-state index in [0.717, 1.165) is 44.5 Å². The second-order valence-corrected chi connectivity index (χ2v) is 4.56. The number of hydrogen-bond donors (Lipinski definition) is 0. The maximum absolute atomic E-state index is 5.77. The Morgan fingerprint density at radius 3 is 2.56 bits per heavy atom. The minimum atomic E-state index is 0.789. The lowest BCUT2D eigenvalue weighted by Gasteiger charge is -2.10. The minimum absolute atomic E-state index is 0.789. The molecule has 0 radical (unpaired) electrons. The van der Waals surface area contributed by atoms with Crippen LogP contribution >= 0.6 is 0 Å². The highest BCUT2D eigenvalue weighted by Gasteiger charge is 2.03. The van der Waals surface area contributed by atoms with E-state index in [4.69, 9.17) is 4.74 Å². The van der Waals surface area contributed by atoms with Crippen LogP contribution in [0.4, 0.5) is 0 Å². The predicted octanol–water partition coefficient (Wildman–Crippen LogP) is 4.52. The van der Waals surface area contributed by atoms with Gasteiger partial charge < -0.3 is 4.74 Å². The molecular weight excluding hydrogens is 220 g/mol. The lowest BCUT2D eigenvalue weighted by atomic mass is 10.1. The Kier molecular flexibility index (Phi) is 7.03. The molecule has 1 nitrogen and oxygen atoms in total. The maximum Gasteiger partial charge on any atom is 0.122 e. The summed E-state index contributed by atoms with van der Waals surface area (Å²) in [4.78, 5) is 0. The first kappa shape index (κ1) is 14.6. The fraction of sp³-hybridized carbons (Fsp3) is 0.529. The molecule has 0 aromatic heterocycles. The molecule has 1 aromatic carbocycles. The molecular formula is C17H24O. The van der Waals surface area contributed by atoms with Crippen LogP contribution in [0.15, 0.2) is 18.2 Å². The third-order valence-corrected chi connectivity index (χ3v) is 2.70. The summed E-state index contributed by atoms with van der Waals surface area (Å²) in [6, 6.07) is 6.41. The number of benzene rings is 1. The van der Waals surface area contributed by atoms with E-state index in [1.807, 2.05) is 0 Å². The molecule has 1 heteroatoms. The molecule has 0 heterocycles. The molecule has 98 valence electrons. The molecule has 0 aliphatic rings. The van der Waals surface area contributed by atoms with Gasteiger partial charge in [-0.3, -0.25) is 0 Å². The van der Waals surface area contributed by atoms with Crippen LogP contribution in [0.3, 0.4) is 0 Å². The standard InChI is InChI=1S/C17H24O/c1-4-6-7-8-9-10-16-14-15(3)11-12-17(16)18-13-5-2/h11-12,14H,4-6,9-10,13H2,1-3H3. The quantitative estimate of drug-likeness (QED) is 0.668. The van der Waals surface area contributed by atoms with Crippen LogP contribution in [0.1, 0.15) is 50.7 Å². The number of rotatable bonds is 6. The Bertz CT molecular complexity index is 409. The normalized spacial score (nSPS) is 9.72. The van der Waals surface area contributed by atoms with Gasteiger partial charge in [-0.15, -0.1) is 11.8 Å². The third-order valence-electron chi connectivity index (χ3n) is 2.70. The summed E-state index contributed by atoms with van der Waals surface area (Å²) >= 11 is 0. The molecule has 0 spiro atoms. The number of hydrogen-bond acceptors (Lipinski definition) is 1. The van der Waals surface area contributed by atoms with E-state index in [1.165, 1.54) is 11.1 Å². The topological polar surface area (TPSA) is 9.23 Å². The Hall–Kier alpha value is -1.42. The highest BCUT2D eigenvalue weighted by atomic mass is 16.5. The van der Waals surface area contributed by atoms with Gasteiger partial charge in [0.1, 0.15) is 5.75 Å². The zero-order valence-electron chi connectivity index (χ0n) is 11.9. The van der Waals surface area contributed by atoms with Gasteiger partial charge in [-0.2, -0.15) is 0 Å². The molecule has 1 rings (SSSR count). The van der Waals surface area contributed by atoms with Crippen molar-refractivity contribution in [3.63, 3.8) is 0 Å². The Morgan fingerprint density at radius 1 is 1.06 bits per heavy atom. The van der Waals surface area contributed by atoms with Crippen molar-refractivity contribution in [3.8, 4) is 17.6 Å². The van der Waals surface area contributed by atoms with Crippen LogP contribution < -0.4 is 4.74 Å². The lowest BCUT2D eigenvalue weighted by Crippen LogP contribution is -1.99. The summed E-state index contributed by atoms with van der Waals surface area (Å²) in [5.74, 6) is 7.45. The average Bonchev–Trinajstić information content (AvgIpc) is 2.37. The van der Waals surface area contributed by atoms with Crippen LogP contribution in [-0.2, 0) is 6.42 Å². The number of ether oxygens (including phenoxy) is 1. The molecule has 0 amide bonds. The number of unbranched alkanes of at least 4 members (excludes halogenated alkanes) is 1. The van der Waals surface area contributed by atoms with Gasteiger partial charge >= 0.3 is 0 Å². The molecule has 1 aromatic rings. The Morgan fingerprint density at radius 2 is 1.83 bits per heavy atom. The molecule has 0 N–H and O–H groups in total. The molecule has 0 aliphatic heterocycles. The van der Waals surface area contributed by atoms with E-state index in [2.05, 4.69) is 50.8 Å². The molecule has 0 atom stereocenters. The van der Waals surface area contributed by atoms with E-state index >= 15 is 0 Å². The molecule has 0 fully saturated rings. The molecule has 0 bridgehead atoms. The van der Waals surface area contributed by atoms with Crippen molar-refractivity contribution in [2.45, 2.75) is 52.9 Å². The zero-order chi connectivity index (χ0) is 13.2. The first-order chi connectivity index (χ1) is 8.77. The van der Waals surface area contributed by atoms with E-state index in [9.17, 15) is 0 Å². The van der Waals surface area contributed by atoms with Crippen molar-refractivity contribution in [3.05, 3.63) is 29.3 Å². The van der Waals surface area contributed by atoms with Gasteiger partial charge in [0.25, 0.3) is 0 Å². The van der Waals surface area contributed by atoms with Gasteiger partial charge in [-0.05, 0) is 37.8 Å². The van der Waals surface area contributed by atoms with Gasteiger partial charge in [0, 0.05) is 12.8 Å². The van der Waals surface area contributed by atoms with Crippen molar-refractivity contribution in [2.24, 2.45) is 0 Å². The van der Waals surface area contributed by atoms with Gasteiger partial charge in [0.05, 0.1) is 6.61 Å². The van der Waals surface area contributed by atoms with Crippen LogP contribution in [0.25, 0.3) is 0 Å². The van der Waals surface area contributed by atoms with E-state index in [-0.39, 0.29) is 0 Å². The minimum Gasteiger partial charge on any atom is -0.493 e. The summed E-state index contributed by atoms with van der Waals surface area (Å²) in [5.41, 5.74) is 2.57. The third kappa shape index (κ3) is 5.27. The summed E-state index contributed by atoms with van der Waals surface area (Å²) in [6.45, 7) is 7.20. The highest BCUT2D eigenvalue weighted by Crippen LogP contribution is 2.21. The predicted molar refractivity (Wildman–Crippen MR) is 78.0 cm³/mol. The van der Waals surface area contributed by atoms with Gasteiger partial charge in [0.2, 0.25) is 0 Å². The second kappa shape index (κ2) is 8.64. The molecule has 0 unspecified atom stereocenters. The Balaban J connectivity index is 2.61. The first-order valence-electron chi connectivity index (χ1n) is 6.96. The second-order valence-electron chi connectivity index (χ2n) is 4.56. The van der Waals surface area contributed by atoms with E-state index in [0.29, 0.717) is 0 Å². The van der Waals surface area contributed by atoms with Crippen molar-refractivity contribution in [1.29, 1.82) is 0 Å². The summed E-state index contributed by atoms with van der Waals surface area (Å²) in [7, 11) is 0. The van der Waals surface area contributed by atoms with Crippen LogP contribution in [-0.4, -0.2) is 6.61 Å². The van der Waals surface area contributed by atoms with Gasteiger partial charge in [0.15, 0.2) is 0 Å². The van der Waals surface area contributed by atoms with Crippen molar-refractivity contribution >= 4 is 0 Å². The first-order valence-corrected chi connectivity index (χ1v) is 6.96. The van der Waals surface area contributed by atoms with Crippen molar-refractivity contribution in [2.75, 3.05) is 6.61 Å². The van der Waals surface area contributed by atoms with Crippen molar-refractivity contribution < 1.29 is 4.74 Å². The van der Waals surface area contributed by atoms with Gasteiger partial charge in [-0.25, -0.2) is 0 Å². The monoisotopic (exact) mass is 244 g/mol. The molecule has 0 saturated heterocycles. The molecule has 0 saturated carbocycles. The Labute approximate surface area is 112 Å². The zero-order valence-corrected chi connectivity index (χ0v) is 11.9.